The summed E-state index contributed by atoms with van der Waals surface area (Å²) in [5, 5.41) is 28.3. The molecule has 1 aromatic rings. The van der Waals surface area contributed by atoms with Crippen molar-refractivity contribution in [3.8, 4) is 17.2 Å². The Morgan fingerprint density at radius 3 is 2.69 bits per heavy atom. The first-order chi connectivity index (χ1) is 7.56. The normalized spacial score (nSPS) is 18.1. The Balaban J connectivity index is 2.61. The van der Waals surface area contributed by atoms with Gasteiger partial charge < -0.3 is 20.1 Å². The van der Waals surface area contributed by atoms with Gasteiger partial charge in [-0.2, -0.15) is 0 Å². The highest BCUT2D eigenvalue weighted by Crippen LogP contribution is 2.46. The number of hydrogen-bond donors (Lipinski definition) is 3. The molecule has 1 aromatic carbocycles. The van der Waals surface area contributed by atoms with Crippen LogP contribution in [0.1, 0.15) is 17.2 Å². The van der Waals surface area contributed by atoms with E-state index in [0.29, 0.717) is 0 Å². The number of fused-ring (bicyclic) bond motifs is 1. The van der Waals surface area contributed by atoms with Gasteiger partial charge in [0.1, 0.15) is 5.75 Å². The molecular weight excluding hydrogens is 216 g/mol. The molecule has 0 spiro atoms. The van der Waals surface area contributed by atoms with Gasteiger partial charge in [-0.25, -0.2) is 0 Å². The van der Waals surface area contributed by atoms with Crippen LogP contribution in [0.4, 0.5) is 0 Å². The molecular formula is C10H8O6. The second kappa shape index (κ2) is 3.49. The van der Waals surface area contributed by atoms with Gasteiger partial charge in [-0.05, 0) is 0 Å². The van der Waals surface area contributed by atoms with E-state index in [-0.39, 0.29) is 29.8 Å². The van der Waals surface area contributed by atoms with E-state index in [1.165, 1.54) is 0 Å². The molecule has 0 aromatic heterocycles. The number of carbonyl (C=O) groups is 2. The van der Waals surface area contributed by atoms with E-state index in [4.69, 9.17) is 4.74 Å². The van der Waals surface area contributed by atoms with E-state index < -0.39 is 23.4 Å². The van der Waals surface area contributed by atoms with E-state index in [2.05, 4.69) is 0 Å². The third-order valence-electron chi connectivity index (χ3n) is 2.44. The van der Waals surface area contributed by atoms with E-state index in [9.17, 15) is 24.9 Å². The van der Waals surface area contributed by atoms with E-state index in [1.54, 1.807) is 0 Å². The van der Waals surface area contributed by atoms with Gasteiger partial charge in [0.25, 0.3) is 0 Å². The number of Topliss-reactive ketones (excluding diaryl/α,β-unsaturated/α-hetero) is 1. The SMILES string of the molecule is O=CC(=O)C1OCc2c(O)cc(O)c(O)c21. The molecule has 0 fully saturated rings. The first-order valence-corrected chi connectivity index (χ1v) is 4.43. The van der Waals surface area contributed by atoms with Crippen molar-refractivity contribution < 1.29 is 29.6 Å². The zero-order valence-electron chi connectivity index (χ0n) is 8.01. The molecule has 1 heterocycles. The van der Waals surface area contributed by atoms with Gasteiger partial charge in [-0.3, -0.25) is 9.59 Å². The number of carbonyl (C=O) groups excluding carboxylic acids is 2. The van der Waals surface area contributed by atoms with Crippen molar-refractivity contribution in [1.82, 2.24) is 0 Å². The van der Waals surface area contributed by atoms with Crippen LogP contribution in [0.2, 0.25) is 0 Å². The van der Waals surface area contributed by atoms with Gasteiger partial charge in [0.15, 0.2) is 23.9 Å². The Hall–Kier alpha value is -2.08. The molecule has 6 nitrogen and oxygen atoms in total. The summed E-state index contributed by atoms with van der Waals surface area (Å²) >= 11 is 0. The third kappa shape index (κ3) is 1.31. The second-order valence-electron chi connectivity index (χ2n) is 3.37. The van der Waals surface area contributed by atoms with Crippen LogP contribution in [0.15, 0.2) is 6.07 Å². The van der Waals surface area contributed by atoms with Crippen LogP contribution in [0.25, 0.3) is 0 Å². The lowest BCUT2D eigenvalue weighted by atomic mass is 10.0. The fourth-order valence-corrected chi connectivity index (χ4v) is 1.67. The van der Waals surface area contributed by atoms with Gasteiger partial charge >= 0.3 is 0 Å². The number of phenols is 3. The van der Waals surface area contributed by atoms with Gasteiger partial charge in [-0.15, -0.1) is 0 Å². The minimum atomic E-state index is -1.26. The summed E-state index contributed by atoms with van der Waals surface area (Å²) in [6, 6.07) is 0.950. The Morgan fingerprint density at radius 1 is 1.38 bits per heavy atom. The van der Waals surface area contributed by atoms with E-state index >= 15 is 0 Å². The van der Waals surface area contributed by atoms with Crippen LogP contribution >= 0.6 is 0 Å². The summed E-state index contributed by atoms with van der Waals surface area (Å²) in [6.07, 6.45) is -1.19. The number of phenolic OH excluding ortho intramolecular Hbond substituents is 3. The number of aromatic hydroxyl groups is 3. The summed E-state index contributed by atoms with van der Waals surface area (Å²) in [5.41, 5.74) is 0.158. The molecule has 0 amide bonds. The number of hydrogen-bond acceptors (Lipinski definition) is 6. The molecule has 1 aliphatic rings. The van der Waals surface area contributed by atoms with Crippen molar-refractivity contribution >= 4 is 12.1 Å². The average molecular weight is 224 g/mol. The van der Waals surface area contributed by atoms with Crippen LogP contribution in [0.5, 0.6) is 17.2 Å². The van der Waals surface area contributed by atoms with Crippen LogP contribution in [-0.2, 0) is 20.9 Å². The number of ketones is 1. The first kappa shape index (κ1) is 10.4. The molecule has 6 heteroatoms. The molecule has 1 atom stereocenters. The van der Waals surface area contributed by atoms with Gasteiger partial charge in [0.05, 0.1) is 6.61 Å². The van der Waals surface area contributed by atoms with Crippen LogP contribution < -0.4 is 0 Å². The number of ether oxygens (including phenoxy) is 1. The zero-order chi connectivity index (χ0) is 11.9. The zero-order valence-corrected chi connectivity index (χ0v) is 8.01. The van der Waals surface area contributed by atoms with Gasteiger partial charge in [0, 0.05) is 17.2 Å². The lowest BCUT2D eigenvalue weighted by Gasteiger charge is -2.09. The van der Waals surface area contributed by atoms with Crippen molar-refractivity contribution in [1.29, 1.82) is 0 Å². The molecule has 16 heavy (non-hydrogen) atoms. The van der Waals surface area contributed by atoms with E-state index in [0.717, 1.165) is 6.07 Å². The first-order valence-electron chi connectivity index (χ1n) is 4.43. The average Bonchev–Trinajstić information content (AvgIpc) is 2.70. The lowest BCUT2D eigenvalue weighted by molar-refractivity contribution is -0.137. The van der Waals surface area contributed by atoms with Crippen molar-refractivity contribution in [2.75, 3.05) is 0 Å². The van der Waals surface area contributed by atoms with Crippen LogP contribution in [-0.4, -0.2) is 27.4 Å². The highest BCUT2D eigenvalue weighted by Gasteiger charge is 2.35. The molecule has 1 unspecified atom stereocenters. The maximum atomic E-state index is 11.2. The molecule has 84 valence electrons. The van der Waals surface area contributed by atoms with Gasteiger partial charge in [0.2, 0.25) is 5.78 Å². The fraction of sp³-hybridized carbons (Fsp3) is 0.200. The predicted molar refractivity (Wildman–Crippen MR) is 50.0 cm³/mol. The Kier molecular flexibility index (Phi) is 2.28. The Bertz CT molecular complexity index is 479. The van der Waals surface area contributed by atoms with Crippen LogP contribution in [0, 0.1) is 0 Å². The topological polar surface area (TPSA) is 104 Å². The number of benzene rings is 1. The number of aldehydes is 1. The maximum absolute atomic E-state index is 11.2. The van der Waals surface area contributed by atoms with Crippen molar-refractivity contribution in [3.63, 3.8) is 0 Å². The molecule has 2 rings (SSSR count). The standard InChI is InChI=1S/C10H8O6/c11-2-7(14)10-8-4(3-16-10)5(12)1-6(13)9(8)15/h1-2,10,12-13,15H,3H2. The van der Waals surface area contributed by atoms with E-state index in [1.807, 2.05) is 0 Å². The second-order valence-corrected chi connectivity index (χ2v) is 3.37. The summed E-state index contributed by atoms with van der Waals surface area (Å²) in [6.45, 7) is -0.0980. The lowest BCUT2D eigenvalue weighted by Crippen LogP contribution is -2.12. The summed E-state index contributed by atoms with van der Waals surface area (Å²) in [5.74, 6) is -2.28. The largest absolute Gasteiger partial charge is 0.507 e. The monoisotopic (exact) mass is 224 g/mol. The Morgan fingerprint density at radius 2 is 2.06 bits per heavy atom. The molecule has 0 bridgehead atoms. The van der Waals surface area contributed by atoms with Crippen molar-refractivity contribution in [2.45, 2.75) is 12.7 Å². The molecule has 0 aliphatic carbocycles. The highest BCUT2D eigenvalue weighted by molar-refractivity contribution is 6.27. The third-order valence-corrected chi connectivity index (χ3v) is 2.44. The molecule has 0 saturated heterocycles. The van der Waals surface area contributed by atoms with Crippen molar-refractivity contribution in [2.24, 2.45) is 0 Å². The quantitative estimate of drug-likeness (QED) is 0.286. The minimum absolute atomic E-state index is 0.0467. The molecule has 0 radical (unpaired) electrons. The summed E-state index contributed by atoms with van der Waals surface area (Å²) in [4.78, 5) is 21.5. The maximum Gasteiger partial charge on any atom is 0.228 e. The van der Waals surface area contributed by atoms with Crippen LogP contribution in [0.3, 0.4) is 0 Å². The molecule has 1 aliphatic heterocycles. The summed E-state index contributed by atoms with van der Waals surface area (Å²) < 4.78 is 4.98. The van der Waals surface area contributed by atoms with Crippen molar-refractivity contribution in [3.05, 3.63) is 17.2 Å². The predicted octanol–water partition coefficient (Wildman–Crippen LogP) is 0.143. The molecule has 3 N–H and O–H groups in total. The fourth-order valence-electron chi connectivity index (χ4n) is 1.67. The highest BCUT2D eigenvalue weighted by atomic mass is 16.5. The smallest absolute Gasteiger partial charge is 0.228 e. The Labute approximate surface area is 89.7 Å². The molecule has 0 saturated carbocycles. The van der Waals surface area contributed by atoms with Gasteiger partial charge in [-0.1, -0.05) is 0 Å². The summed E-state index contributed by atoms with van der Waals surface area (Å²) in [7, 11) is 0. The minimum Gasteiger partial charge on any atom is -0.507 e. The number of rotatable bonds is 2.